The molecule has 3 aliphatic heterocycles. The molecule has 4 aliphatic rings. The van der Waals surface area contributed by atoms with Gasteiger partial charge >= 0.3 is 17.9 Å². The highest BCUT2D eigenvalue weighted by atomic mass is 127. The third-order valence-corrected chi connectivity index (χ3v) is 16.8. The summed E-state index contributed by atoms with van der Waals surface area (Å²) in [5.74, 6) is -10.0. The quantitative estimate of drug-likeness (QED) is 0.0459. The van der Waals surface area contributed by atoms with E-state index in [1.54, 1.807) is 40.9 Å². The number of piperidine rings is 1. The molecule has 0 radical (unpaired) electrons. The van der Waals surface area contributed by atoms with Crippen molar-refractivity contribution in [3.8, 4) is 0 Å². The number of aliphatic hydroxyl groups is 3. The molecule has 16 atom stereocenters. The monoisotopic (exact) mass is 1200 g/mol. The predicted molar refractivity (Wildman–Crippen MR) is 294 cm³/mol. The van der Waals surface area contributed by atoms with Crippen molar-refractivity contribution in [1.29, 1.82) is 0 Å². The topological polar surface area (TPSA) is 248 Å². The first kappa shape index (κ1) is 65.8. The van der Waals surface area contributed by atoms with Crippen LogP contribution in [0.4, 0.5) is 0 Å². The van der Waals surface area contributed by atoms with Gasteiger partial charge in [-0.2, -0.15) is 0 Å². The number of ether oxygens (including phenoxy) is 7. The average Bonchev–Trinajstić information content (AvgIpc) is 3.41. The van der Waals surface area contributed by atoms with Crippen molar-refractivity contribution in [2.24, 2.45) is 40.9 Å². The molecule has 434 valence electrons. The van der Waals surface area contributed by atoms with Gasteiger partial charge in [0, 0.05) is 58.5 Å². The van der Waals surface area contributed by atoms with Crippen LogP contribution in [-0.4, -0.2) is 161 Å². The third-order valence-electron chi connectivity index (χ3n) is 16.2. The molecular weight excluding hydrogens is 1110 g/mol. The summed E-state index contributed by atoms with van der Waals surface area (Å²) < 4.78 is 40.9. The lowest BCUT2D eigenvalue weighted by molar-refractivity contribution is -0.265. The summed E-state index contributed by atoms with van der Waals surface area (Å²) in [4.78, 5) is 98.0. The van der Waals surface area contributed by atoms with Crippen LogP contribution in [0.5, 0.6) is 0 Å². The van der Waals surface area contributed by atoms with Crippen molar-refractivity contribution in [2.75, 3.05) is 45.5 Å². The number of carbonyl (C=O) groups excluding carboxylic acids is 7. The van der Waals surface area contributed by atoms with Crippen molar-refractivity contribution >= 4 is 63.8 Å². The van der Waals surface area contributed by atoms with E-state index < -0.39 is 120 Å². The lowest BCUT2D eigenvalue weighted by Gasteiger charge is -2.42. The number of hydrogen-bond acceptors (Lipinski definition) is 17. The number of hydrogen-bond donors (Lipinski definition) is 3. The number of ketones is 3. The van der Waals surface area contributed by atoms with E-state index >= 15 is 0 Å². The summed E-state index contributed by atoms with van der Waals surface area (Å²) >= 11 is 1.84. The highest BCUT2D eigenvalue weighted by Crippen LogP contribution is 2.39. The van der Waals surface area contributed by atoms with E-state index in [1.807, 2.05) is 73.7 Å². The molecule has 18 nitrogen and oxygen atoms in total. The van der Waals surface area contributed by atoms with Gasteiger partial charge in [0.1, 0.15) is 48.3 Å². The molecule has 0 aromatic heterocycles. The predicted octanol–water partition coefficient (Wildman–Crippen LogP) is 6.71. The van der Waals surface area contributed by atoms with Crippen LogP contribution >= 0.6 is 22.6 Å². The highest BCUT2D eigenvalue weighted by molar-refractivity contribution is 14.1. The minimum absolute atomic E-state index is 0.0133. The molecule has 0 spiro atoms. The number of amides is 1. The minimum Gasteiger partial charge on any atom is -0.464 e. The first-order chi connectivity index (χ1) is 36.4. The molecule has 0 aromatic rings. The van der Waals surface area contributed by atoms with Gasteiger partial charge in [0.25, 0.3) is 11.7 Å². The summed E-state index contributed by atoms with van der Waals surface area (Å²) in [7, 11) is 4.42. The standard InChI is InChI=1S/C58H88INO17/c1-34-17-13-12-14-18-35(2)46(71-9)29-42-22-20-40(7)58(70,77-42)53(66)54(67)60-24-16-15-19-43(60)55(68)75-47(30-44(62)36(3)26-39(6)51(65)52(73-11)50(64)38(5)25-34)37(4)27-41-21-23-45(48(28-41)72-10)76-56(69)57(8,32-61)33-74-49(63)31-59/h12-14,17-18,26,34,36-38,40-43,45-48,51-52,61,65,70H,15-16,19-25,27-33H2,1-11H3/b14-12+,17-13-,35-18+,39-26+/t34-,36+,37+,38+,40+,41-,42-,43-,45+,46-,47?,48+,51+,52-,57?,58+/m0/s1. The van der Waals surface area contributed by atoms with Crippen molar-refractivity contribution in [2.45, 2.75) is 187 Å². The van der Waals surface area contributed by atoms with Gasteiger partial charge in [-0.25, -0.2) is 4.79 Å². The van der Waals surface area contributed by atoms with Gasteiger partial charge in [-0.05, 0) is 114 Å². The first-order valence-corrected chi connectivity index (χ1v) is 28.9. The number of cyclic esters (lactones) is 1. The highest BCUT2D eigenvalue weighted by Gasteiger charge is 2.53. The zero-order valence-electron chi connectivity index (χ0n) is 47.2. The first-order valence-electron chi connectivity index (χ1n) is 27.4. The lowest BCUT2D eigenvalue weighted by atomic mass is 9.78. The van der Waals surface area contributed by atoms with Crippen LogP contribution < -0.4 is 0 Å². The summed E-state index contributed by atoms with van der Waals surface area (Å²) in [6.07, 6.45) is 9.48. The van der Waals surface area contributed by atoms with Crippen molar-refractivity contribution in [3.05, 3.63) is 47.6 Å². The number of methoxy groups -OCH3 is 3. The van der Waals surface area contributed by atoms with Crippen LogP contribution in [0.2, 0.25) is 0 Å². The minimum atomic E-state index is -2.48. The number of carbonyl (C=O) groups is 7. The smallest absolute Gasteiger partial charge is 0.329 e. The second-order valence-electron chi connectivity index (χ2n) is 22.5. The number of esters is 3. The van der Waals surface area contributed by atoms with Gasteiger partial charge in [-0.15, -0.1) is 0 Å². The summed E-state index contributed by atoms with van der Waals surface area (Å²) in [6.45, 7) is 13.0. The van der Waals surface area contributed by atoms with Crippen LogP contribution in [-0.2, 0) is 66.7 Å². The Kier molecular flexibility index (Phi) is 26.3. The molecule has 1 amide bonds. The van der Waals surface area contributed by atoms with E-state index in [4.69, 9.17) is 33.2 Å². The molecule has 3 N–H and O–H groups in total. The zero-order chi connectivity index (χ0) is 57.4. The van der Waals surface area contributed by atoms with Crippen molar-refractivity contribution in [3.63, 3.8) is 0 Å². The fourth-order valence-electron chi connectivity index (χ4n) is 11.0. The fraction of sp³-hybridized carbons (Fsp3) is 0.741. The molecule has 1 saturated carbocycles. The molecule has 2 unspecified atom stereocenters. The van der Waals surface area contributed by atoms with Crippen LogP contribution in [0.15, 0.2) is 47.6 Å². The molecule has 3 heterocycles. The maximum absolute atomic E-state index is 14.6. The maximum atomic E-state index is 14.6. The van der Waals surface area contributed by atoms with Crippen LogP contribution in [0.3, 0.4) is 0 Å². The maximum Gasteiger partial charge on any atom is 0.329 e. The van der Waals surface area contributed by atoms with E-state index in [1.165, 1.54) is 21.1 Å². The number of rotatable bonds is 12. The molecule has 77 heavy (non-hydrogen) atoms. The summed E-state index contributed by atoms with van der Waals surface area (Å²) in [5, 5.41) is 33.7. The molecule has 19 heteroatoms. The second-order valence-corrected chi connectivity index (χ2v) is 23.2. The SMILES string of the molecule is CO[C@H]1C[C@@H]2CC[C@@H](C)[C@@](O)(O2)C(=O)C(=O)N2CCCC[C@H]2C(=O)OC([C@H](C)C[C@@H]2CC[C@@H](OC(=O)C(C)(CO)COC(=O)CI)[C@H](OC)C2)CC(=O)[C@H](C)/C=C(\C)[C@@H](O)[C@@H](OC)C(=O)[C@H](C)C[C@@H](C)\C=C/C=C/C=C/1C. The Morgan fingerprint density at radius 2 is 1.61 bits per heavy atom. The molecular formula is C58H88INO17. The summed E-state index contributed by atoms with van der Waals surface area (Å²) in [5.41, 5.74) is -0.301. The summed E-state index contributed by atoms with van der Waals surface area (Å²) in [6, 6.07) is -1.21. The van der Waals surface area contributed by atoms with E-state index in [9.17, 15) is 48.9 Å². The largest absolute Gasteiger partial charge is 0.464 e. The van der Waals surface area contributed by atoms with Gasteiger partial charge in [0.05, 0.1) is 29.3 Å². The van der Waals surface area contributed by atoms with E-state index in [0.717, 1.165) is 10.5 Å². The van der Waals surface area contributed by atoms with Gasteiger partial charge in [0.15, 0.2) is 5.78 Å². The number of aliphatic hydroxyl groups excluding tert-OH is 2. The number of halogens is 1. The van der Waals surface area contributed by atoms with Crippen LogP contribution in [0.25, 0.3) is 0 Å². The van der Waals surface area contributed by atoms with Crippen LogP contribution in [0.1, 0.15) is 132 Å². The molecule has 4 rings (SSSR count). The third kappa shape index (κ3) is 17.9. The van der Waals surface area contributed by atoms with Gasteiger partial charge in [-0.1, -0.05) is 93.7 Å². The number of fused-ring (bicyclic) bond motifs is 3. The van der Waals surface area contributed by atoms with Crippen molar-refractivity contribution < 1.29 is 82.0 Å². The van der Waals surface area contributed by atoms with Gasteiger partial charge in [0.2, 0.25) is 5.79 Å². The number of allylic oxidation sites excluding steroid dienone is 6. The molecule has 0 aromatic carbocycles. The number of alkyl halides is 1. The fourth-order valence-corrected chi connectivity index (χ4v) is 11.2. The normalized spacial score (nSPS) is 36.6. The average molecular weight is 1200 g/mol. The second kappa shape index (κ2) is 30.8. The Hall–Kier alpha value is -3.70. The molecule has 1 aliphatic carbocycles. The Labute approximate surface area is 469 Å². The Morgan fingerprint density at radius 3 is 2.26 bits per heavy atom. The van der Waals surface area contributed by atoms with Gasteiger partial charge < -0.3 is 53.4 Å². The van der Waals surface area contributed by atoms with E-state index in [0.29, 0.717) is 63.4 Å². The molecule has 3 fully saturated rings. The van der Waals surface area contributed by atoms with Crippen molar-refractivity contribution in [1.82, 2.24) is 4.90 Å². The molecule has 2 bridgehead atoms. The Balaban J connectivity index is 1.68. The zero-order valence-corrected chi connectivity index (χ0v) is 49.4. The van der Waals surface area contributed by atoms with Gasteiger partial charge in [-0.3, -0.25) is 28.8 Å². The van der Waals surface area contributed by atoms with E-state index in [2.05, 4.69) is 0 Å². The number of Topliss-reactive ketones (excluding diaryl/α,β-unsaturated/α-hetero) is 3. The molecule has 2 saturated heterocycles. The van der Waals surface area contributed by atoms with E-state index in [-0.39, 0.29) is 60.2 Å². The Bertz CT molecular complexity index is 2160. The Morgan fingerprint density at radius 1 is 0.896 bits per heavy atom. The number of nitrogens with zero attached hydrogens (tertiary/aromatic N) is 1. The lowest BCUT2D eigenvalue weighted by Crippen LogP contribution is -2.61. The van der Waals surface area contributed by atoms with Crippen LogP contribution in [0, 0.1) is 40.9 Å².